The summed E-state index contributed by atoms with van der Waals surface area (Å²) in [5.41, 5.74) is 6.65. The number of hydrogen-bond acceptors (Lipinski definition) is 3. The first-order chi connectivity index (χ1) is 8.11. The summed E-state index contributed by atoms with van der Waals surface area (Å²) in [6, 6.07) is 7.23. The summed E-state index contributed by atoms with van der Waals surface area (Å²) in [5, 5.41) is 13.9. The maximum Gasteiger partial charge on any atom is 0.163 e. The second-order valence-electron chi connectivity index (χ2n) is 3.44. The SMILES string of the molecule is N#Cc1cn(Cc2c(Cl)cccc2Cl)nc1N. The number of nitrogens with two attached hydrogens (primary N) is 1. The van der Waals surface area contributed by atoms with Crippen molar-refractivity contribution in [2.75, 3.05) is 5.73 Å². The van der Waals surface area contributed by atoms with Crippen LogP contribution in [0, 0.1) is 11.3 Å². The Bertz CT molecular complexity index is 578. The fourth-order valence-electron chi connectivity index (χ4n) is 1.45. The molecule has 86 valence electrons. The summed E-state index contributed by atoms with van der Waals surface area (Å²) < 4.78 is 1.54. The van der Waals surface area contributed by atoms with Crippen LogP contribution in [-0.4, -0.2) is 9.78 Å². The molecular weight excluding hydrogens is 259 g/mol. The van der Waals surface area contributed by atoms with Crippen molar-refractivity contribution in [2.24, 2.45) is 0 Å². The number of halogens is 2. The van der Waals surface area contributed by atoms with Gasteiger partial charge in [0.25, 0.3) is 0 Å². The molecule has 17 heavy (non-hydrogen) atoms. The van der Waals surface area contributed by atoms with E-state index in [1.807, 2.05) is 6.07 Å². The summed E-state index contributed by atoms with van der Waals surface area (Å²) in [6.07, 6.45) is 1.56. The molecule has 1 heterocycles. The lowest BCUT2D eigenvalue weighted by atomic mass is 10.2. The summed E-state index contributed by atoms with van der Waals surface area (Å²) >= 11 is 12.1. The molecule has 0 aliphatic carbocycles. The average Bonchev–Trinajstić information content (AvgIpc) is 2.64. The van der Waals surface area contributed by atoms with Crippen LogP contribution >= 0.6 is 23.2 Å². The Balaban J connectivity index is 2.35. The molecular formula is C11H8Cl2N4. The second kappa shape index (κ2) is 4.66. The van der Waals surface area contributed by atoms with Crippen molar-refractivity contribution >= 4 is 29.0 Å². The van der Waals surface area contributed by atoms with Gasteiger partial charge in [0, 0.05) is 21.8 Å². The molecule has 2 N–H and O–H groups in total. The van der Waals surface area contributed by atoms with E-state index in [2.05, 4.69) is 5.10 Å². The highest BCUT2D eigenvalue weighted by atomic mass is 35.5. The van der Waals surface area contributed by atoms with Crippen molar-refractivity contribution < 1.29 is 0 Å². The zero-order valence-electron chi connectivity index (χ0n) is 8.69. The van der Waals surface area contributed by atoms with Crippen molar-refractivity contribution in [3.05, 3.63) is 45.6 Å². The van der Waals surface area contributed by atoms with E-state index in [0.717, 1.165) is 5.56 Å². The minimum Gasteiger partial charge on any atom is -0.381 e. The molecule has 2 rings (SSSR count). The summed E-state index contributed by atoms with van der Waals surface area (Å²) in [4.78, 5) is 0. The number of anilines is 1. The quantitative estimate of drug-likeness (QED) is 0.909. The van der Waals surface area contributed by atoms with E-state index in [-0.39, 0.29) is 5.82 Å². The number of rotatable bonds is 2. The standard InChI is InChI=1S/C11H8Cl2N4/c12-9-2-1-3-10(13)8(9)6-17-5-7(4-14)11(15)16-17/h1-3,5H,6H2,(H2,15,16). The Hall–Kier alpha value is -1.70. The van der Waals surface area contributed by atoms with Gasteiger partial charge < -0.3 is 5.73 Å². The van der Waals surface area contributed by atoms with Crippen molar-refractivity contribution in [3.63, 3.8) is 0 Å². The third kappa shape index (κ3) is 2.36. The number of nitrogen functional groups attached to an aromatic ring is 1. The first kappa shape index (κ1) is 11.8. The van der Waals surface area contributed by atoms with Crippen molar-refractivity contribution in [1.29, 1.82) is 5.26 Å². The van der Waals surface area contributed by atoms with Gasteiger partial charge in [-0.1, -0.05) is 29.3 Å². The van der Waals surface area contributed by atoms with Crippen molar-refractivity contribution in [3.8, 4) is 6.07 Å². The lowest BCUT2D eigenvalue weighted by molar-refractivity contribution is 0.690. The summed E-state index contributed by atoms with van der Waals surface area (Å²) in [7, 11) is 0. The van der Waals surface area contributed by atoms with E-state index in [1.54, 1.807) is 29.1 Å². The molecule has 1 aromatic carbocycles. The van der Waals surface area contributed by atoms with Crippen LogP contribution in [0.5, 0.6) is 0 Å². The van der Waals surface area contributed by atoms with Crippen LogP contribution in [0.3, 0.4) is 0 Å². The molecule has 6 heteroatoms. The van der Waals surface area contributed by atoms with Crippen LogP contribution in [0.2, 0.25) is 10.0 Å². The van der Waals surface area contributed by atoms with E-state index in [0.29, 0.717) is 22.2 Å². The predicted molar refractivity (Wildman–Crippen MR) is 66.9 cm³/mol. The average molecular weight is 267 g/mol. The Labute approximate surface area is 108 Å². The third-order valence-electron chi connectivity index (χ3n) is 2.29. The summed E-state index contributed by atoms with van der Waals surface area (Å²) in [6.45, 7) is 0.379. The lowest BCUT2D eigenvalue weighted by Gasteiger charge is -2.06. The molecule has 0 amide bonds. The van der Waals surface area contributed by atoms with Gasteiger partial charge in [-0.2, -0.15) is 10.4 Å². The monoisotopic (exact) mass is 266 g/mol. The number of hydrogen-bond donors (Lipinski definition) is 1. The smallest absolute Gasteiger partial charge is 0.163 e. The van der Waals surface area contributed by atoms with E-state index >= 15 is 0 Å². The highest BCUT2D eigenvalue weighted by molar-refractivity contribution is 6.35. The highest BCUT2D eigenvalue weighted by Crippen LogP contribution is 2.25. The number of aromatic nitrogens is 2. The number of nitrogens with zero attached hydrogens (tertiary/aromatic N) is 3. The van der Waals surface area contributed by atoms with Crippen LogP contribution in [0.25, 0.3) is 0 Å². The van der Waals surface area contributed by atoms with E-state index < -0.39 is 0 Å². The second-order valence-corrected chi connectivity index (χ2v) is 4.25. The Morgan fingerprint density at radius 1 is 1.35 bits per heavy atom. The molecule has 1 aromatic heterocycles. The van der Waals surface area contributed by atoms with Gasteiger partial charge >= 0.3 is 0 Å². The zero-order chi connectivity index (χ0) is 12.4. The fraction of sp³-hybridized carbons (Fsp3) is 0.0909. The molecule has 0 atom stereocenters. The molecule has 0 spiro atoms. The van der Waals surface area contributed by atoms with Gasteiger partial charge in [-0.3, -0.25) is 4.68 Å². The van der Waals surface area contributed by atoms with Crippen LogP contribution in [0.15, 0.2) is 24.4 Å². The third-order valence-corrected chi connectivity index (χ3v) is 3.00. The van der Waals surface area contributed by atoms with Crippen LogP contribution in [-0.2, 0) is 6.54 Å². The summed E-state index contributed by atoms with van der Waals surface area (Å²) in [5.74, 6) is 0.204. The van der Waals surface area contributed by atoms with Gasteiger partial charge in [-0.05, 0) is 12.1 Å². The first-order valence-electron chi connectivity index (χ1n) is 4.77. The molecule has 0 aliphatic heterocycles. The molecule has 0 fully saturated rings. The lowest BCUT2D eigenvalue weighted by Crippen LogP contribution is -2.02. The number of benzene rings is 1. The number of nitriles is 1. The van der Waals surface area contributed by atoms with Gasteiger partial charge in [0.2, 0.25) is 0 Å². The minimum atomic E-state index is 0.204. The molecule has 2 aromatic rings. The molecule has 0 unspecified atom stereocenters. The normalized spacial score (nSPS) is 10.2. The molecule has 4 nitrogen and oxygen atoms in total. The fourth-order valence-corrected chi connectivity index (χ4v) is 1.97. The van der Waals surface area contributed by atoms with Crippen LogP contribution in [0.4, 0.5) is 5.82 Å². The minimum absolute atomic E-state index is 0.204. The van der Waals surface area contributed by atoms with Gasteiger partial charge in [0.15, 0.2) is 5.82 Å². The van der Waals surface area contributed by atoms with E-state index in [9.17, 15) is 0 Å². The molecule has 0 radical (unpaired) electrons. The maximum absolute atomic E-state index is 8.77. The Morgan fingerprint density at radius 3 is 2.53 bits per heavy atom. The first-order valence-corrected chi connectivity index (χ1v) is 5.53. The van der Waals surface area contributed by atoms with Crippen molar-refractivity contribution in [2.45, 2.75) is 6.54 Å². The molecule has 0 bridgehead atoms. The molecule has 0 saturated heterocycles. The zero-order valence-corrected chi connectivity index (χ0v) is 10.2. The van der Waals surface area contributed by atoms with Gasteiger partial charge in [0.1, 0.15) is 11.6 Å². The topological polar surface area (TPSA) is 67.6 Å². The highest BCUT2D eigenvalue weighted by Gasteiger charge is 2.09. The van der Waals surface area contributed by atoms with Gasteiger partial charge in [0.05, 0.1) is 6.54 Å². The van der Waals surface area contributed by atoms with Crippen molar-refractivity contribution in [1.82, 2.24) is 9.78 Å². The Morgan fingerprint density at radius 2 is 2.00 bits per heavy atom. The van der Waals surface area contributed by atoms with E-state index in [1.165, 1.54) is 0 Å². The molecule has 0 aliphatic rings. The van der Waals surface area contributed by atoms with Gasteiger partial charge in [-0.25, -0.2) is 0 Å². The predicted octanol–water partition coefficient (Wildman–Crippen LogP) is 2.69. The molecule has 0 saturated carbocycles. The Kier molecular flexibility index (Phi) is 3.23. The van der Waals surface area contributed by atoms with Gasteiger partial charge in [-0.15, -0.1) is 0 Å². The van der Waals surface area contributed by atoms with Crippen LogP contribution in [0.1, 0.15) is 11.1 Å². The largest absolute Gasteiger partial charge is 0.381 e. The van der Waals surface area contributed by atoms with E-state index in [4.69, 9.17) is 34.2 Å². The maximum atomic E-state index is 8.77. The van der Waals surface area contributed by atoms with Crippen LogP contribution < -0.4 is 5.73 Å².